The van der Waals surface area contributed by atoms with Gasteiger partial charge >= 0.3 is 34.8 Å². The average Bonchev–Trinajstić information content (AvgIpc) is 2.48. The summed E-state index contributed by atoms with van der Waals surface area (Å²) >= 11 is -0.556. The van der Waals surface area contributed by atoms with Crippen LogP contribution in [0, 0.1) is 0 Å². The second-order valence-electron chi connectivity index (χ2n) is 4.03. The zero-order valence-electron chi connectivity index (χ0n) is 10.1. The standard InChI is InChI=1S/C15H13N.2ClH.Ir/c1-2-8-15(9-3-1)16-11-10-13-6-4-5-7-14(13)12-16;;;/h1-11H,12H2;2*1H;/q;;;+2/p-2. The van der Waals surface area contributed by atoms with Gasteiger partial charge in [-0.1, -0.05) is 42.5 Å². The van der Waals surface area contributed by atoms with Crippen LogP contribution in [0.5, 0.6) is 0 Å². The van der Waals surface area contributed by atoms with E-state index in [1.165, 1.54) is 16.8 Å². The third kappa shape index (κ3) is 4.09. The summed E-state index contributed by atoms with van der Waals surface area (Å²) in [6, 6.07) is 19.0. The Labute approximate surface area is 129 Å². The first-order valence-electron chi connectivity index (χ1n) is 5.76. The molecule has 1 nitrogen and oxygen atoms in total. The van der Waals surface area contributed by atoms with Crippen molar-refractivity contribution in [1.82, 2.24) is 0 Å². The Kier molecular flexibility index (Phi) is 5.93. The molecule has 0 unspecified atom stereocenters. The normalized spacial score (nSPS) is 12.6. The van der Waals surface area contributed by atoms with Crippen LogP contribution in [0.3, 0.4) is 0 Å². The van der Waals surface area contributed by atoms with E-state index in [2.05, 4.69) is 65.7 Å². The van der Waals surface area contributed by atoms with Crippen molar-refractivity contribution < 1.29 is 15.7 Å². The van der Waals surface area contributed by atoms with Crippen LogP contribution in [0.15, 0.2) is 60.8 Å². The maximum atomic E-state index is 4.89. The van der Waals surface area contributed by atoms with E-state index in [1.54, 1.807) is 0 Å². The van der Waals surface area contributed by atoms with Gasteiger partial charge in [-0.2, -0.15) is 0 Å². The molecule has 1 aliphatic heterocycles. The van der Waals surface area contributed by atoms with Crippen molar-refractivity contribution in [3.8, 4) is 0 Å². The summed E-state index contributed by atoms with van der Waals surface area (Å²) in [6.45, 7) is 0.955. The summed E-state index contributed by atoms with van der Waals surface area (Å²) in [5.41, 5.74) is 3.96. The van der Waals surface area contributed by atoms with Gasteiger partial charge in [0, 0.05) is 18.4 Å². The first-order chi connectivity index (χ1) is 9.35. The number of hydrogen-bond donors (Lipinski definition) is 0. The quantitative estimate of drug-likeness (QED) is 0.564. The van der Waals surface area contributed by atoms with Crippen LogP contribution < -0.4 is 4.90 Å². The molecule has 0 spiro atoms. The summed E-state index contributed by atoms with van der Waals surface area (Å²) in [4.78, 5) is 2.27. The molecule has 0 radical (unpaired) electrons. The predicted octanol–water partition coefficient (Wildman–Crippen LogP) is 5.05. The van der Waals surface area contributed by atoms with E-state index in [1.807, 2.05) is 6.07 Å². The van der Waals surface area contributed by atoms with E-state index in [4.69, 9.17) is 19.2 Å². The third-order valence-corrected chi connectivity index (χ3v) is 2.92. The molecule has 0 N–H and O–H groups in total. The topological polar surface area (TPSA) is 3.24 Å². The molecule has 4 heteroatoms. The van der Waals surface area contributed by atoms with Crippen molar-refractivity contribution in [2.45, 2.75) is 6.54 Å². The van der Waals surface area contributed by atoms with E-state index >= 15 is 0 Å². The van der Waals surface area contributed by atoms with Crippen LogP contribution in [-0.4, -0.2) is 0 Å². The Morgan fingerprint density at radius 3 is 2.26 bits per heavy atom. The second-order valence-corrected chi connectivity index (χ2v) is 7.49. The predicted molar refractivity (Wildman–Crippen MR) is 79.8 cm³/mol. The molecule has 0 saturated carbocycles. The molecular formula is C15H13Cl2IrN. The van der Waals surface area contributed by atoms with Crippen LogP contribution in [0.25, 0.3) is 6.08 Å². The van der Waals surface area contributed by atoms with Crippen LogP contribution >= 0.6 is 19.2 Å². The molecule has 101 valence electrons. The summed E-state index contributed by atoms with van der Waals surface area (Å²) in [5.74, 6) is 0. The number of anilines is 1. The van der Waals surface area contributed by atoms with Crippen molar-refractivity contribution in [3.05, 3.63) is 71.9 Å². The second kappa shape index (κ2) is 7.71. The van der Waals surface area contributed by atoms with Crippen molar-refractivity contribution in [2.24, 2.45) is 0 Å². The molecule has 0 amide bonds. The van der Waals surface area contributed by atoms with Crippen molar-refractivity contribution in [3.63, 3.8) is 0 Å². The van der Waals surface area contributed by atoms with E-state index in [9.17, 15) is 0 Å². The molecule has 1 aliphatic rings. The molecule has 1 heterocycles. The van der Waals surface area contributed by atoms with E-state index in [-0.39, 0.29) is 0 Å². The Hall–Kier alpha value is -0.791. The Balaban J connectivity index is 0.000000408. The molecule has 2 aromatic rings. The number of fused-ring (bicyclic) bond motifs is 1. The number of halogens is 2. The van der Waals surface area contributed by atoms with E-state index < -0.39 is 15.7 Å². The number of nitrogens with zero attached hydrogens (tertiary/aromatic N) is 1. The molecule has 3 rings (SSSR count). The SMILES string of the molecule is C1=CN(c2ccccc2)Cc2ccccc21.[Cl][Ir][Cl]. The minimum absolute atomic E-state index is 0.556. The van der Waals surface area contributed by atoms with Gasteiger partial charge in [-0.15, -0.1) is 0 Å². The summed E-state index contributed by atoms with van der Waals surface area (Å²) in [5, 5.41) is 0. The molecule has 2 aromatic carbocycles. The molecule has 0 fully saturated rings. The maximum absolute atomic E-state index is 4.89. The number of para-hydroxylation sites is 1. The molecule has 0 saturated heterocycles. The van der Waals surface area contributed by atoms with Gasteiger partial charge in [0.05, 0.1) is 0 Å². The van der Waals surface area contributed by atoms with Gasteiger partial charge in [-0.3, -0.25) is 0 Å². The first-order valence-corrected chi connectivity index (χ1v) is 11.7. The zero-order chi connectivity index (χ0) is 13.5. The third-order valence-electron chi connectivity index (χ3n) is 2.92. The number of hydrogen-bond acceptors (Lipinski definition) is 1. The fourth-order valence-corrected chi connectivity index (χ4v) is 2.04. The molecule has 0 atom stereocenters. The van der Waals surface area contributed by atoms with Gasteiger partial charge in [0.1, 0.15) is 0 Å². The average molecular weight is 470 g/mol. The van der Waals surface area contributed by atoms with E-state index in [0.29, 0.717) is 0 Å². The molecule has 0 aromatic heterocycles. The first kappa shape index (κ1) is 14.6. The van der Waals surface area contributed by atoms with Gasteiger partial charge in [0.15, 0.2) is 0 Å². The van der Waals surface area contributed by atoms with Crippen molar-refractivity contribution in [2.75, 3.05) is 4.90 Å². The van der Waals surface area contributed by atoms with Crippen LogP contribution in [-0.2, 0) is 22.2 Å². The van der Waals surface area contributed by atoms with Gasteiger partial charge < -0.3 is 4.90 Å². The summed E-state index contributed by atoms with van der Waals surface area (Å²) in [7, 11) is 9.78. The molecule has 0 aliphatic carbocycles. The van der Waals surface area contributed by atoms with Gasteiger partial charge in [-0.25, -0.2) is 0 Å². The van der Waals surface area contributed by atoms with E-state index in [0.717, 1.165) is 6.54 Å². The fourth-order valence-electron chi connectivity index (χ4n) is 2.04. The Morgan fingerprint density at radius 1 is 0.895 bits per heavy atom. The Morgan fingerprint density at radius 2 is 1.53 bits per heavy atom. The molecule has 0 bridgehead atoms. The van der Waals surface area contributed by atoms with Crippen LogP contribution in [0.1, 0.15) is 11.1 Å². The van der Waals surface area contributed by atoms with Crippen molar-refractivity contribution >= 4 is 30.9 Å². The number of benzene rings is 2. The van der Waals surface area contributed by atoms with Gasteiger partial charge in [0.2, 0.25) is 0 Å². The fraction of sp³-hybridized carbons (Fsp3) is 0.0667. The zero-order valence-corrected chi connectivity index (χ0v) is 14.0. The molecular weight excluding hydrogens is 457 g/mol. The summed E-state index contributed by atoms with van der Waals surface area (Å²) in [6.07, 6.45) is 4.32. The summed E-state index contributed by atoms with van der Waals surface area (Å²) < 4.78 is 0. The van der Waals surface area contributed by atoms with Gasteiger partial charge in [-0.05, 0) is 29.3 Å². The van der Waals surface area contributed by atoms with Crippen LogP contribution in [0.4, 0.5) is 5.69 Å². The Bertz CT molecular complexity index is 543. The monoisotopic (exact) mass is 470 g/mol. The van der Waals surface area contributed by atoms with Gasteiger partial charge in [0.25, 0.3) is 0 Å². The molecule has 19 heavy (non-hydrogen) atoms. The van der Waals surface area contributed by atoms with Crippen LogP contribution in [0.2, 0.25) is 0 Å². The number of rotatable bonds is 1. The van der Waals surface area contributed by atoms with Crippen molar-refractivity contribution in [1.29, 1.82) is 0 Å². The minimum atomic E-state index is -0.556.